The standard InChI is InChI=1S/C43H33N3O/c1-5-14-37-32(6-2)35-24-23-34-33-22-21-30(26-36(33)43(3,4)38(34)39(35)47-37)29-19-13-20-31(25-29)42-45-40(27-15-9-7-10-16-27)44-41(46-42)28-17-11-8-12-18-28/h5-26H,2H2,1,3-4H3/b14-5-. The molecule has 1 aliphatic carbocycles. The van der Waals surface area contributed by atoms with E-state index in [9.17, 15) is 0 Å². The zero-order chi connectivity index (χ0) is 32.1. The molecule has 4 heteroatoms. The number of hydrogen-bond donors (Lipinski definition) is 0. The van der Waals surface area contributed by atoms with Gasteiger partial charge in [-0.25, -0.2) is 15.0 Å². The van der Waals surface area contributed by atoms with Crippen LogP contribution in [0.2, 0.25) is 0 Å². The number of aromatic nitrogens is 3. The minimum absolute atomic E-state index is 0.259. The van der Waals surface area contributed by atoms with Crippen LogP contribution in [-0.4, -0.2) is 15.0 Å². The molecule has 0 saturated heterocycles. The molecule has 0 spiro atoms. The van der Waals surface area contributed by atoms with Gasteiger partial charge >= 0.3 is 0 Å². The van der Waals surface area contributed by atoms with Crippen LogP contribution in [-0.2, 0) is 5.41 Å². The van der Waals surface area contributed by atoms with Crippen molar-refractivity contribution in [1.29, 1.82) is 0 Å². The van der Waals surface area contributed by atoms with E-state index >= 15 is 0 Å². The second-order valence-corrected chi connectivity index (χ2v) is 12.5. The fraction of sp³-hybridized carbons (Fsp3) is 0.0930. The van der Waals surface area contributed by atoms with E-state index in [1.807, 2.05) is 85.8 Å². The minimum Gasteiger partial charge on any atom is -0.456 e. The van der Waals surface area contributed by atoms with Crippen LogP contribution in [0.3, 0.4) is 0 Å². The highest BCUT2D eigenvalue weighted by Crippen LogP contribution is 2.53. The van der Waals surface area contributed by atoms with Gasteiger partial charge in [0.1, 0.15) is 11.3 Å². The molecule has 0 unspecified atom stereocenters. The molecule has 5 aromatic carbocycles. The molecule has 0 aliphatic heterocycles. The van der Waals surface area contributed by atoms with Crippen LogP contribution in [0.25, 0.3) is 79.5 Å². The Kier molecular flexibility index (Phi) is 6.80. The van der Waals surface area contributed by atoms with Crippen molar-refractivity contribution >= 4 is 23.1 Å². The quantitative estimate of drug-likeness (QED) is 0.189. The van der Waals surface area contributed by atoms with Crippen molar-refractivity contribution < 1.29 is 4.42 Å². The molecule has 47 heavy (non-hydrogen) atoms. The summed E-state index contributed by atoms with van der Waals surface area (Å²) in [6, 6.07) is 39.9. The summed E-state index contributed by atoms with van der Waals surface area (Å²) in [5.74, 6) is 2.79. The predicted octanol–water partition coefficient (Wildman–Crippen LogP) is 11.3. The topological polar surface area (TPSA) is 51.8 Å². The van der Waals surface area contributed by atoms with Crippen molar-refractivity contribution in [2.75, 3.05) is 0 Å². The van der Waals surface area contributed by atoms with Gasteiger partial charge in [-0.1, -0.05) is 130 Å². The Morgan fingerprint density at radius 2 is 1.19 bits per heavy atom. The number of benzene rings is 5. The third kappa shape index (κ3) is 4.72. The summed E-state index contributed by atoms with van der Waals surface area (Å²) in [7, 11) is 0. The fourth-order valence-electron chi connectivity index (χ4n) is 6.92. The van der Waals surface area contributed by atoms with Gasteiger partial charge in [0.05, 0.1) is 0 Å². The van der Waals surface area contributed by atoms with E-state index in [0.717, 1.165) is 50.1 Å². The Labute approximate surface area is 274 Å². The third-order valence-electron chi connectivity index (χ3n) is 9.21. The van der Waals surface area contributed by atoms with Crippen molar-refractivity contribution in [2.24, 2.45) is 0 Å². The summed E-state index contributed by atoms with van der Waals surface area (Å²) in [6.45, 7) is 10.7. The van der Waals surface area contributed by atoms with Gasteiger partial charge in [-0.3, -0.25) is 0 Å². The first-order valence-electron chi connectivity index (χ1n) is 15.9. The molecule has 0 radical (unpaired) electrons. The predicted molar refractivity (Wildman–Crippen MR) is 194 cm³/mol. The van der Waals surface area contributed by atoms with E-state index in [4.69, 9.17) is 19.4 Å². The van der Waals surface area contributed by atoms with Crippen molar-refractivity contribution in [3.8, 4) is 56.4 Å². The summed E-state index contributed by atoms with van der Waals surface area (Å²) >= 11 is 0. The van der Waals surface area contributed by atoms with Gasteiger partial charge in [0.25, 0.3) is 0 Å². The molecule has 2 heterocycles. The normalized spacial score (nSPS) is 13.2. The summed E-state index contributed by atoms with van der Waals surface area (Å²) in [6.07, 6.45) is 5.92. The number of furan rings is 1. The Balaban J connectivity index is 1.23. The molecule has 2 aromatic heterocycles. The minimum atomic E-state index is -0.259. The van der Waals surface area contributed by atoms with Gasteiger partial charge in [-0.05, 0) is 59.0 Å². The first-order chi connectivity index (χ1) is 23.0. The Morgan fingerprint density at radius 1 is 0.617 bits per heavy atom. The maximum Gasteiger partial charge on any atom is 0.164 e. The maximum atomic E-state index is 6.53. The summed E-state index contributed by atoms with van der Waals surface area (Å²) < 4.78 is 6.53. The summed E-state index contributed by atoms with van der Waals surface area (Å²) in [5, 5.41) is 1.10. The van der Waals surface area contributed by atoms with E-state index in [1.165, 1.54) is 22.3 Å². The second kappa shape index (κ2) is 11.2. The lowest BCUT2D eigenvalue weighted by Gasteiger charge is -2.22. The third-order valence-corrected chi connectivity index (χ3v) is 9.21. The molecular formula is C43H33N3O. The van der Waals surface area contributed by atoms with Crippen molar-refractivity contribution in [3.63, 3.8) is 0 Å². The van der Waals surface area contributed by atoms with Crippen LogP contribution in [0.1, 0.15) is 43.2 Å². The zero-order valence-electron chi connectivity index (χ0n) is 26.7. The monoisotopic (exact) mass is 607 g/mol. The Hall–Kier alpha value is -5.87. The van der Waals surface area contributed by atoms with Gasteiger partial charge in [0, 0.05) is 38.6 Å². The molecule has 0 N–H and O–H groups in total. The molecule has 0 amide bonds. The molecular weight excluding hydrogens is 574 g/mol. The van der Waals surface area contributed by atoms with E-state index in [1.54, 1.807) is 0 Å². The van der Waals surface area contributed by atoms with Crippen LogP contribution in [0.5, 0.6) is 0 Å². The van der Waals surface area contributed by atoms with Gasteiger partial charge in [-0.15, -0.1) is 0 Å². The van der Waals surface area contributed by atoms with E-state index < -0.39 is 0 Å². The number of nitrogens with zero attached hydrogens (tertiary/aromatic N) is 3. The highest BCUT2D eigenvalue weighted by molar-refractivity contribution is 6.00. The fourth-order valence-corrected chi connectivity index (χ4v) is 6.92. The van der Waals surface area contributed by atoms with E-state index in [2.05, 4.69) is 75.0 Å². The van der Waals surface area contributed by atoms with E-state index in [0.29, 0.717) is 17.5 Å². The average Bonchev–Trinajstić information content (AvgIpc) is 3.59. The number of hydrogen-bond acceptors (Lipinski definition) is 4. The zero-order valence-corrected chi connectivity index (χ0v) is 26.7. The first-order valence-corrected chi connectivity index (χ1v) is 15.9. The molecule has 0 atom stereocenters. The van der Waals surface area contributed by atoms with Crippen molar-refractivity contribution in [2.45, 2.75) is 26.2 Å². The van der Waals surface area contributed by atoms with Crippen LogP contribution in [0.15, 0.2) is 132 Å². The van der Waals surface area contributed by atoms with Crippen LogP contribution >= 0.6 is 0 Å². The Morgan fingerprint density at radius 3 is 1.83 bits per heavy atom. The lowest BCUT2D eigenvalue weighted by Crippen LogP contribution is -2.15. The summed E-state index contributed by atoms with van der Waals surface area (Å²) in [5.41, 5.74) is 11.8. The van der Waals surface area contributed by atoms with E-state index in [-0.39, 0.29) is 5.41 Å². The molecule has 0 fully saturated rings. The second-order valence-electron chi connectivity index (χ2n) is 12.5. The average molecular weight is 608 g/mol. The van der Waals surface area contributed by atoms with Crippen molar-refractivity contribution in [3.05, 3.63) is 150 Å². The van der Waals surface area contributed by atoms with Gasteiger partial charge in [0.15, 0.2) is 17.5 Å². The molecule has 7 aromatic rings. The molecule has 8 rings (SSSR count). The molecule has 226 valence electrons. The lowest BCUT2D eigenvalue weighted by atomic mass is 9.81. The lowest BCUT2D eigenvalue weighted by molar-refractivity contribution is 0.580. The smallest absolute Gasteiger partial charge is 0.164 e. The molecule has 4 nitrogen and oxygen atoms in total. The number of rotatable bonds is 6. The SMILES string of the molecule is C=Cc1c(/C=C\C)oc2c3c(ccc12)-c1ccc(-c2cccc(-c4nc(-c5ccccc5)nc(-c5ccccc5)n4)c2)cc1C3(C)C. The number of fused-ring (bicyclic) bond motifs is 5. The summed E-state index contributed by atoms with van der Waals surface area (Å²) in [4.78, 5) is 14.8. The number of allylic oxidation sites excluding steroid dienone is 1. The molecule has 0 saturated carbocycles. The van der Waals surface area contributed by atoms with Crippen molar-refractivity contribution in [1.82, 2.24) is 15.0 Å². The largest absolute Gasteiger partial charge is 0.456 e. The molecule has 0 bridgehead atoms. The van der Waals surface area contributed by atoms with Crippen LogP contribution < -0.4 is 0 Å². The highest BCUT2D eigenvalue weighted by atomic mass is 16.3. The first kappa shape index (κ1) is 28.6. The maximum absolute atomic E-state index is 6.53. The van der Waals surface area contributed by atoms with Gasteiger partial charge < -0.3 is 4.42 Å². The van der Waals surface area contributed by atoms with Gasteiger partial charge in [-0.2, -0.15) is 0 Å². The van der Waals surface area contributed by atoms with Gasteiger partial charge in [0.2, 0.25) is 0 Å². The Bertz CT molecular complexity index is 2290. The van der Waals surface area contributed by atoms with Crippen LogP contribution in [0.4, 0.5) is 0 Å². The molecule has 1 aliphatic rings. The highest BCUT2D eigenvalue weighted by Gasteiger charge is 2.39. The van der Waals surface area contributed by atoms with Crippen LogP contribution in [0, 0.1) is 0 Å².